The second-order valence-corrected chi connectivity index (χ2v) is 14.4. The zero-order chi connectivity index (χ0) is 37.1. The molecule has 0 aliphatic rings. The van der Waals surface area contributed by atoms with Crippen molar-refractivity contribution in [3.63, 3.8) is 0 Å². The van der Waals surface area contributed by atoms with Crippen LogP contribution in [-0.2, 0) is 4.79 Å². The first-order valence-electron chi connectivity index (χ1n) is 21.6. The van der Waals surface area contributed by atoms with Gasteiger partial charge in [-0.2, -0.15) is 0 Å². The molecule has 0 bridgehead atoms. The molecule has 4 nitrogen and oxygen atoms in total. The topological polar surface area (TPSA) is 69.6 Å². The number of aliphatic hydroxyl groups is 2. The number of aliphatic hydroxyl groups excluding tert-OH is 2. The zero-order valence-electron chi connectivity index (χ0n) is 33.6. The summed E-state index contributed by atoms with van der Waals surface area (Å²) >= 11 is 0. The van der Waals surface area contributed by atoms with Crippen LogP contribution in [0.4, 0.5) is 0 Å². The van der Waals surface area contributed by atoms with Gasteiger partial charge in [-0.3, -0.25) is 4.79 Å². The maximum atomic E-state index is 12.4. The summed E-state index contributed by atoms with van der Waals surface area (Å²) < 4.78 is 0. The van der Waals surface area contributed by atoms with Crippen molar-refractivity contribution < 1.29 is 15.0 Å². The molecule has 2 atom stereocenters. The van der Waals surface area contributed by atoms with E-state index in [9.17, 15) is 15.0 Å². The Morgan fingerprint density at radius 3 is 1.18 bits per heavy atom. The lowest BCUT2D eigenvalue weighted by atomic mass is 10.0. The highest BCUT2D eigenvalue weighted by molar-refractivity contribution is 5.76. The van der Waals surface area contributed by atoms with Crippen LogP contribution >= 0.6 is 0 Å². The molecule has 0 rings (SSSR count). The van der Waals surface area contributed by atoms with Crippen molar-refractivity contribution in [2.45, 2.75) is 212 Å². The fourth-order valence-corrected chi connectivity index (χ4v) is 6.21. The van der Waals surface area contributed by atoms with Gasteiger partial charge in [0.25, 0.3) is 0 Å². The first-order valence-corrected chi connectivity index (χ1v) is 21.6. The van der Waals surface area contributed by atoms with E-state index < -0.39 is 12.1 Å². The van der Waals surface area contributed by atoms with E-state index in [1.807, 2.05) is 6.08 Å². The van der Waals surface area contributed by atoms with Crippen LogP contribution in [-0.4, -0.2) is 34.9 Å². The average Bonchev–Trinajstić information content (AvgIpc) is 3.13. The Balaban J connectivity index is 3.66. The lowest BCUT2D eigenvalue weighted by molar-refractivity contribution is -0.123. The molecule has 0 radical (unpaired) electrons. The molecule has 51 heavy (non-hydrogen) atoms. The van der Waals surface area contributed by atoms with Crippen LogP contribution < -0.4 is 5.32 Å². The summed E-state index contributed by atoms with van der Waals surface area (Å²) in [5, 5.41) is 23.1. The molecule has 0 aromatic rings. The molecular formula is C47H83NO3. The quantitative estimate of drug-likeness (QED) is 0.0441. The average molecular weight is 710 g/mol. The van der Waals surface area contributed by atoms with Gasteiger partial charge < -0.3 is 15.5 Å². The van der Waals surface area contributed by atoms with Gasteiger partial charge in [0.2, 0.25) is 5.91 Å². The summed E-state index contributed by atoms with van der Waals surface area (Å²) in [6, 6.07) is -0.580. The molecule has 294 valence electrons. The number of rotatable bonds is 38. The van der Waals surface area contributed by atoms with Gasteiger partial charge in [-0.1, -0.05) is 215 Å². The fraction of sp³-hybridized carbons (Fsp3) is 0.723. The molecule has 0 aliphatic carbocycles. The van der Waals surface area contributed by atoms with E-state index in [-0.39, 0.29) is 12.5 Å². The molecule has 0 aromatic heterocycles. The Morgan fingerprint density at radius 1 is 0.490 bits per heavy atom. The third-order valence-corrected chi connectivity index (χ3v) is 9.50. The Morgan fingerprint density at radius 2 is 0.824 bits per heavy atom. The van der Waals surface area contributed by atoms with Crippen molar-refractivity contribution >= 4 is 5.91 Å². The van der Waals surface area contributed by atoms with Crippen LogP contribution in [0.1, 0.15) is 200 Å². The monoisotopic (exact) mass is 710 g/mol. The Bertz CT molecular complexity index is 899. The van der Waals surface area contributed by atoms with Crippen molar-refractivity contribution in [2.24, 2.45) is 0 Å². The molecule has 0 aliphatic heterocycles. The van der Waals surface area contributed by atoms with E-state index in [0.29, 0.717) is 19.3 Å². The van der Waals surface area contributed by atoms with Crippen molar-refractivity contribution in [3.05, 3.63) is 72.9 Å². The van der Waals surface area contributed by atoms with Gasteiger partial charge in [0.1, 0.15) is 0 Å². The summed E-state index contributed by atoms with van der Waals surface area (Å²) in [6.07, 6.45) is 59.9. The number of carbonyl (C=O) groups excluding carboxylic acids is 1. The molecule has 0 spiro atoms. The highest BCUT2D eigenvalue weighted by atomic mass is 16.3. The molecule has 1 amide bonds. The molecule has 0 saturated carbocycles. The zero-order valence-corrected chi connectivity index (χ0v) is 33.6. The van der Waals surface area contributed by atoms with Gasteiger partial charge in [0.15, 0.2) is 0 Å². The normalized spacial score (nSPS) is 13.7. The number of hydrogen-bond acceptors (Lipinski definition) is 3. The number of carbonyl (C=O) groups is 1. The summed E-state index contributed by atoms with van der Waals surface area (Å²) in [5.41, 5.74) is 0. The van der Waals surface area contributed by atoms with E-state index in [0.717, 1.165) is 51.4 Å². The molecule has 4 heteroatoms. The lowest BCUT2D eigenvalue weighted by Gasteiger charge is -2.22. The Kier molecular flexibility index (Phi) is 40.4. The summed E-state index contributed by atoms with van der Waals surface area (Å²) in [4.78, 5) is 12.4. The van der Waals surface area contributed by atoms with Gasteiger partial charge >= 0.3 is 0 Å². The van der Waals surface area contributed by atoms with Crippen molar-refractivity contribution in [2.75, 3.05) is 6.61 Å². The van der Waals surface area contributed by atoms with Gasteiger partial charge in [-0.25, -0.2) is 0 Å². The molecule has 0 saturated heterocycles. The number of hydrogen-bond donors (Lipinski definition) is 3. The third-order valence-electron chi connectivity index (χ3n) is 9.50. The summed E-state index contributed by atoms with van der Waals surface area (Å²) in [6.45, 7) is 4.21. The maximum Gasteiger partial charge on any atom is 0.220 e. The summed E-state index contributed by atoms with van der Waals surface area (Å²) in [7, 11) is 0. The minimum atomic E-state index is -0.694. The van der Waals surface area contributed by atoms with E-state index in [1.54, 1.807) is 0 Å². The molecule has 3 N–H and O–H groups in total. The van der Waals surface area contributed by atoms with Crippen LogP contribution in [0, 0.1) is 0 Å². The predicted molar refractivity (Wildman–Crippen MR) is 225 cm³/mol. The Labute approximate surface area is 317 Å². The van der Waals surface area contributed by atoms with Crippen LogP contribution in [0.3, 0.4) is 0 Å². The molecule has 0 fully saturated rings. The minimum Gasteiger partial charge on any atom is -0.394 e. The smallest absolute Gasteiger partial charge is 0.220 e. The van der Waals surface area contributed by atoms with E-state index in [4.69, 9.17) is 0 Å². The van der Waals surface area contributed by atoms with Crippen molar-refractivity contribution in [1.82, 2.24) is 5.32 Å². The predicted octanol–water partition coefficient (Wildman–Crippen LogP) is 13.5. The molecule has 2 unspecified atom stereocenters. The SMILES string of the molecule is CC/C=C\C/C=C\C/C=C\C/C=C\C/C=C\C/C=C\CCC(=O)NC(CO)C(O)CCCCCCCCCCCCCCCCCCCCCC. The van der Waals surface area contributed by atoms with Gasteiger partial charge in [0, 0.05) is 6.42 Å². The Hall–Kier alpha value is -2.17. The van der Waals surface area contributed by atoms with Gasteiger partial charge in [-0.15, -0.1) is 0 Å². The molecular weight excluding hydrogens is 627 g/mol. The second kappa shape index (κ2) is 42.2. The van der Waals surface area contributed by atoms with E-state index >= 15 is 0 Å². The van der Waals surface area contributed by atoms with Crippen LogP contribution in [0.15, 0.2) is 72.9 Å². The number of nitrogens with one attached hydrogen (secondary N) is 1. The highest BCUT2D eigenvalue weighted by Gasteiger charge is 2.19. The largest absolute Gasteiger partial charge is 0.394 e. The van der Waals surface area contributed by atoms with Crippen molar-refractivity contribution in [1.29, 1.82) is 0 Å². The van der Waals surface area contributed by atoms with Crippen LogP contribution in [0.25, 0.3) is 0 Å². The van der Waals surface area contributed by atoms with E-state index in [1.165, 1.54) is 116 Å². The fourth-order valence-electron chi connectivity index (χ4n) is 6.21. The first kappa shape index (κ1) is 48.8. The third kappa shape index (κ3) is 38.9. The van der Waals surface area contributed by atoms with Gasteiger partial charge in [-0.05, 0) is 51.4 Å². The van der Waals surface area contributed by atoms with Gasteiger partial charge in [0.05, 0.1) is 18.8 Å². The second-order valence-electron chi connectivity index (χ2n) is 14.4. The minimum absolute atomic E-state index is 0.115. The molecule has 0 aromatic carbocycles. The maximum absolute atomic E-state index is 12.4. The van der Waals surface area contributed by atoms with Crippen molar-refractivity contribution in [3.8, 4) is 0 Å². The van der Waals surface area contributed by atoms with E-state index in [2.05, 4.69) is 86.0 Å². The van der Waals surface area contributed by atoms with Crippen LogP contribution in [0.5, 0.6) is 0 Å². The van der Waals surface area contributed by atoms with Crippen LogP contribution in [0.2, 0.25) is 0 Å². The lowest BCUT2D eigenvalue weighted by Crippen LogP contribution is -2.45. The number of allylic oxidation sites excluding steroid dienone is 12. The number of unbranched alkanes of at least 4 members (excludes halogenated alkanes) is 19. The standard InChI is InChI=1S/C47H83NO3/c1-3-5-7-9-11-13-15-17-19-21-23-25-26-28-30-32-34-36-38-40-42-46(50)45(44-49)48-47(51)43-41-39-37-35-33-31-29-27-24-22-20-18-16-14-12-10-8-6-4-2/h6,8,12,14,18,20,24,27,31,33,37,39,45-46,49-50H,3-5,7,9-11,13,15-17,19,21-23,25-26,28-30,32,34-36,38,40-44H2,1-2H3,(H,48,51)/b8-6-,14-12-,20-18-,27-24-,33-31-,39-37-. The molecule has 0 heterocycles. The first-order chi connectivity index (χ1) is 25.2. The summed E-state index contributed by atoms with van der Waals surface area (Å²) in [5.74, 6) is -0.115. The highest BCUT2D eigenvalue weighted by Crippen LogP contribution is 2.16. The number of amides is 1.